The van der Waals surface area contributed by atoms with Gasteiger partial charge >= 0.3 is 5.97 Å². The van der Waals surface area contributed by atoms with Crippen LogP contribution in [0, 0.1) is 11.8 Å². The van der Waals surface area contributed by atoms with Crippen LogP contribution < -0.4 is 0 Å². The van der Waals surface area contributed by atoms with Gasteiger partial charge in [-0.15, -0.1) is 0 Å². The molecule has 0 fully saturated rings. The number of rotatable bonds is 5. The molecule has 0 aliphatic rings. The number of carbonyl (C=O) groups excluding carboxylic acids is 1. The van der Waals surface area contributed by atoms with Gasteiger partial charge < -0.3 is 4.74 Å². The van der Waals surface area contributed by atoms with Crippen LogP contribution in [0.3, 0.4) is 0 Å². The highest BCUT2D eigenvalue weighted by molar-refractivity contribution is 5.79. The molecule has 0 aliphatic carbocycles. The summed E-state index contributed by atoms with van der Waals surface area (Å²) in [6.07, 6.45) is 2.05. The Bertz CT molecular complexity index is 821. The van der Waals surface area contributed by atoms with Gasteiger partial charge in [-0.25, -0.2) is 0 Å². The summed E-state index contributed by atoms with van der Waals surface area (Å²) in [5.74, 6) is 6.25. The van der Waals surface area contributed by atoms with Crippen LogP contribution in [-0.2, 0) is 9.53 Å². The Balaban J connectivity index is 2.12. The van der Waals surface area contributed by atoms with Crippen LogP contribution in [0.1, 0.15) is 31.9 Å². The number of esters is 1. The molecule has 140 valence electrons. The van der Waals surface area contributed by atoms with Gasteiger partial charge in [-0.2, -0.15) is 0 Å². The summed E-state index contributed by atoms with van der Waals surface area (Å²) in [7, 11) is 1.90. The lowest BCUT2D eigenvalue weighted by atomic mass is 10.1. The van der Waals surface area contributed by atoms with Crippen LogP contribution in [0.15, 0.2) is 66.7 Å². The molecule has 0 saturated heterocycles. The van der Waals surface area contributed by atoms with Crippen LogP contribution >= 0.6 is 0 Å². The fraction of sp³-hybridized carbons (Fsp3) is 0.292. The fourth-order valence-electron chi connectivity index (χ4n) is 2.43. The van der Waals surface area contributed by atoms with E-state index < -0.39 is 5.60 Å². The maximum atomic E-state index is 12.0. The Morgan fingerprint density at radius 2 is 1.63 bits per heavy atom. The molecule has 0 unspecified atom stereocenters. The number of carbonyl (C=O) groups is 1. The molecule has 0 N–H and O–H groups in total. The molecule has 0 aliphatic heterocycles. The number of benzene rings is 2. The van der Waals surface area contributed by atoms with E-state index in [-0.39, 0.29) is 12.5 Å². The number of hydrogen-bond donors (Lipinski definition) is 0. The van der Waals surface area contributed by atoms with E-state index in [1.165, 1.54) is 0 Å². The van der Waals surface area contributed by atoms with Gasteiger partial charge in [0.2, 0.25) is 0 Å². The molecule has 2 aromatic rings. The van der Waals surface area contributed by atoms with Crippen LogP contribution in [-0.4, -0.2) is 36.6 Å². The summed E-state index contributed by atoms with van der Waals surface area (Å²) in [5.41, 5.74) is 2.51. The third kappa shape index (κ3) is 7.94. The lowest BCUT2D eigenvalue weighted by Crippen LogP contribution is -2.32. The van der Waals surface area contributed by atoms with Crippen molar-refractivity contribution < 1.29 is 9.53 Å². The van der Waals surface area contributed by atoms with E-state index in [0.29, 0.717) is 6.54 Å². The first-order chi connectivity index (χ1) is 12.8. The summed E-state index contributed by atoms with van der Waals surface area (Å²) in [5, 5.41) is 0. The van der Waals surface area contributed by atoms with Crippen molar-refractivity contribution in [2.45, 2.75) is 26.4 Å². The smallest absolute Gasteiger partial charge is 0.320 e. The van der Waals surface area contributed by atoms with E-state index >= 15 is 0 Å². The highest BCUT2D eigenvalue weighted by Gasteiger charge is 2.17. The number of allylic oxidation sites excluding steroid dienone is 1. The maximum Gasteiger partial charge on any atom is 0.320 e. The number of nitrogens with zero attached hydrogens (tertiary/aromatic N) is 1. The SMILES string of the molecule is CN(CC=C(C#Cc1ccccc1)c1ccccc1)CC(=O)OC(C)(C)C. The molecule has 0 atom stereocenters. The molecule has 0 radical (unpaired) electrons. The Kier molecular flexibility index (Phi) is 7.40. The summed E-state index contributed by atoms with van der Waals surface area (Å²) >= 11 is 0. The van der Waals surface area contributed by atoms with Crippen molar-refractivity contribution in [3.05, 3.63) is 77.9 Å². The van der Waals surface area contributed by atoms with Gasteiger partial charge in [0, 0.05) is 17.7 Å². The molecule has 0 aromatic heterocycles. The number of ether oxygens (including phenoxy) is 1. The zero-order chi connectivity index (χ0) is 19.7. The standard InChI is InChI=1S/C24H27NO2/c1-24(2,3)27-23(26)19-25(4)18-17-22(21-13-9-6-10-14-21)16-15-20-11-7-5-8-12-20/h5-14,17H,18-19H2,1-4H3. The third-order valence-corrected chi connectivity index (χ3v) is 3.63. The Morgan fingerprint density at radius 1 is 1.04 bits per heavy atom. The Hall–Kier alpha value is -2.83. The maximum absolute atomic E-state index is 12.0. The summed E-state index contributed by atoms with van der Waals surface area (Å²) < 4.78 is 5.38. The predicted molar refractivity (Wildman–Crippen MR) is 111 cm³/mol. The molecular weight excluding hydrogens is 334 g/mol. The fourth-order valence-corrected chi connectivity index (χ4v) is 2.43. The lowest BCUT2D eigenvalue weighted by Gasteiger charge is -2.22. The summed E-state index contributed by atoms with van der Waals surface area (Å²) in [6.45, 7) is 6.46. The molecule has 27 heavy (non-hydrogen) atoms. The second-order valence-electron chi connectivity index (χ2n) is 7.38. The zero-order valence-electron chi connectivity index (χ0n) is 16.5. The van der Waals surface area contributed by atoms with Gasteiger partial charge in [0.15, 0.2) is 0 Å². The lowest BCUT2D eigenvalue weighted by molar-refractivity contribution is -0.155. The minimum atomic E-state index is -0.468. The van der Waals surface area contributed by atoms with E-state index in [2.05, 4.69) is 17.9 Å². The Labute approximate surface area is 162 Å². The highest BCUT2D eigenvalue weighted by Crippen LogP contribution is 2.14. The molecule has 3 heteroatoms. The van der Waals surface area contributed by atoms with Crippen molar-refractivity contribution in [1.29, 1.82) is 0 Å². The molecule has 0 spiro atoms. The first kappa shape index (κ1) is 20.5. The van der Waals surface area contributed by atoms with Crippen molar-refractivity contribution in [2.24, 2.45) is 0 Å². The summed E-state index contributed by atoms with van der Waals surface area (Å²) in [6, 6.07) is 20.0. The van der Waals surface area contributed by atoms with Crippen molar-refractivity contribution in [1.82, 2.24) is 4.90 Å². The molecule has 0 bridgehead atoms. The van der Waals surface area contributed by atoms with Gasteiger partial charge in [-0.05, 0) is 45.5 Å². The van der Waals surface area contributed by atoms with Gasteiger partial charge in [-0.1, -0.05) is 66.4 Å². The Morgan fingerprint density at radius 3 is 2.22 bits per heavy atom. The van der Waals surface area contributed by atoms with Gasteiger partial charge in [0.05, 0.1) is 6.54 Å². The molecule has 2 aromatic carbocycles. The van der Waals surface area contributed by atoms with E-state index in [0.717, 1.165) is 16.7 Å². The summed E-state index contributed by atoms with van der Waals surface area (Å²) in [4.78, 5) is 13.9. The van der Waals surface area contributed by atoms with Crippen molar-refractivity contribution in [3.8, 4) is 11.8 Å². The quantitative estimate of drug-likeness (QED) is 0.584. The second kappa shape index (κ2) is 9.75. The van der Waals surface area contributed by atoms with E-state index in [1.807, 2.05) is 93.4 Å². The normalized spacial score (nSPS) is 11.7. The average Bonchev–Trinajstić information content (AvgIpc) is 2.61. The molecule has 3 nitrogen and oxygen atoms in total. The number of likely N-dealkylation sites (N-methyl/N-ethyl adjacent to an activating group) is 1. The molecule has 0 amide bonds. The molecule has 0 saturated carbocycles. The monoisotopic (exact) mass is 361 g/mol. The van der Waals surface area contributed by atoms with Crippen LogP contribution in [0.2, 0.25) is 0 Å². The first-order valence-corrected chi connectivity index (χ1v) is 9.06. The van der Waals surface area contributed by atoms with Gasteiger partial charge in [0.1, 0.15) is 5.60 Å². The topological polar surface area (TPSA) is 29.5 Å². The molecule has 2 rings (SSSR count). The van der Waals surface area contributed by atoms with Crippen molar-refractivity contribution in [2.75, 3.05) is 20.1 Å². The zero-order valence-corrected chi connectivity index (χ0v) is 16.5. The molecular formula is C24H27NO2. The van der Waals surface area contributed by atoms with Crippen molar-refractivity contribution >= 4 is 11.5 Å². The highest BCUT2D eigenvalue weighted by atomic mass is 16.6. The van der Waals surface area contributed by atoms with Crippen LogP contribution in [0.25, 0.3) is 5.57 Å². The van der Waals surface area contributed by atoms with Crippen molar-refractivity contribution in [3.63, 3.8) is 0 Å². The van der Waals surface area contributed by atoms with Crippen LogP contribution in [0.4, 0.5) is 0 Å². The van der Waals surface area contributed by atoms with Crippen LogP contribution in [0.5, 0.6) is 0 Å². The average molecular weight is 361 g/mol. The largest absolute Gasteiger partial charge is 0.459 e. The predicted octanol–water partition coefficient (Wildman–Crippen LogP) is 4.40. The minimum absolute atomic E-state index is 0.227. The second-order valence-corrected chi connectivity index (χ2v) is 7.38. The minimum Gasteiger partial charge on any atom is -0.459 e. The van der Waals surface area contributed by atoms with E-state index in [4.69, 9.17) is 4.74 Å². The van der Waals surface area contributed by atoms with E-state index in [9.17, 15) is 4.79 Å². The van der Waals surface area contributed by atoms with E-state index in [1.54, 1.807) is 0 Å². The number of hydrogen-bond acceptors (Lipinski definition) is 3. The molecule has 0 heterocycles. The third-order valence-electron chi connectivity index (χ3n) is 3.63. The first-order valence-electron chi connectivity index (χ1n) is 9.06. The van der Waals surface area contributed by atoms with Gasteiger partial charge in [-0.3, -0.25) is 9.69 Å². The van der Waals surface area contributed by atoms with Gasteiger partial charge in [0.25, 0.3) is 0 Å².